The molecule has 2 aliphatic rings. The van der Waals surface area contributed by atoms with Crippen molar-refractivity contribution in [2.45, 2.75) is 32.2 Å². The van der Waals surface area contributed by atoms with Crippen molar-refractivity contribution in [3.8, 4) is 17.5 Å². The van der Waals surface area contributed by atoms with E-state index in [2.05, 4.69) is 62.6 Å². The summed E-state index contributed by atoms with van der Waals surface area (Å²) in [5, 5.41) is 13.0. The number of thiophene rings is 1. The van der Waals surface area contributed by atoms with E-state index in [9.17, 15) is 10.1 Å². The molecule has 208 valence electrons. The fourth-order valence-corrected chi connectivity index (χ4v) is 5.56. The first-order valence-corrected chi connectivity index (χ1v) is 14.3. The van der Waals surface area contributed by atoms with E-state index in [-0.39, 0.29) is 17.9 Å². The number of ether oxygens (including phenoxy) is 3. The lowest BCUT2D eigenvalue weighted by Crippen LogP contribution is -2.45. The standard InChI is InChI=1S/C29H31N5O5S/c35-34(36)28-19-33-12-11-26(39-29(33)30-28)20-37-25-9-5-23(6-10-25)32-15-13-31(14-16-32)18-22-3-7-24(8-4-22)38-21-27-2-1-17-40-27/h1-10,17,19,26H,11-16,18,20-21H2/t26-/m1/s1. The van der Waals surface area contributed by atoms with Gasteiger partial charge in [0.1, 0.15) is 37.0 Å². The zero-order valence-electron chi connectivity index (χ0n) is 22.1. The van der Waals surface area contributed by atoms with Crippen molar-refractivity contribution < 1.29 is 19.1 Å². The maximum absolute atomic E-state index is 10.9. The molecule has 1 atom stereocenters. The molecule has 0 radical (unpaired) electrons. The number of nitro groups is 1. The van der Waals surface area contributed by atoms with Crippen molar-refractivity contribution >= 4 is 22.8 Å². The zero-order valence-corrected chi connectivity index (χ0v) is 22.9. The van der Waals surface area contributed by atoms with E-state index in [1.54, 1.807) is 15.9 Å². The van der Waals surface area contributed by atoms with Gasteiger partial charge in [0.15, 0.2) is 0 Å². The minimum absolute atomic E-state index is 0.197. The molecule has 40 heavy (non-hydrogen) atoms. The molecule has 0 N–H and O–H groups in total. The molecular formula is C29H31N5O5S. The molecule has 0 aliphatic carbocycles. The molecule has 1 fully saturated rings. The summed E-state index contributed by atoms with van der Waals surface area (Å²) >= 11 is 1.71. The molecule has 0 amide bonds. The highest BCUT2D eigenvalue weighted by Gasteiger charge is 2.28. The van der Waals surface area contributed by atoms with Crippen LogP contribution in [0.5, 0.6) is 17.5 Å². The van der Waals surface area contributed by atoms with Gasteiger partial charge in [-0.2, -0.15) is 0 Å². The minimum atomic E-state index is -0.510. The van der Waals surface area contributed by atoms with Gasteiger partial charge in [-0.25, -0.2) is 0 Å². The van der Waals surface area contributed by atoms with Crippen LogP contribution < -0.4 is 19.1 Å². The number of benzene rings is 2. The highest BCUT2D eigenvalue weighted by molar-refractivity contribution is 7.09. The fraction of sp³-hybridized carbons (Fsp3) is 0.345. The van der Waals surface area contributed by atoms with Crippen LogP contribution in [0.3, 0.4) is 0 Å². The van der Waals surface area contributed by atoms with E-state index >= 15 is 0 Å². The molecule has 6 rings (SSSR count). The Morgan fingerprint density at radius 3 is 2.45 bits per heavy atom. The number of fused-ring (bicyclic) bond motifs is 1. The van der Waals surface area contributed by atoms with Crippen molar-refractivity contribution in [3.05, 3.63) is 92.8 Å². The van der Waals surface area contributed by atoms with Crippen LogP contribution in [-0.2, 0) is 19.7 Å². The van der Waals surface area contributed by atoms with Crippen molar-refractivity contribution in [1.29, 1.82) is 0 Å². The second-order valence-corrected chi connectivity index (χ2v) is 11.0. The van der Waals surface area contributed by atoms with Gasteiger partial charge in [0.25, 0.3) is 0 Å². The van der Waals surface area contributed by atoms with Gasteiger partial charge in [0.05, 0.1) is 0 Å². The normalized spacial score (nSPS) is 17.2. The van der Waals surface area contributed by atoms with Gasteiger partial charge in [-0.3, -0.25) is 9.47 Å². The van der Waals surface area contributed by atoms with Gasteiger partial charge >= 0.3 is 11.8 Å². The van der Waals surface area contributed by atoms with E-state index in [0.717, 1.165) is 44.2 Å². The molecule has 0 spiro atoms. The Morgan fingerprint density at radius 1 is 0.975 bits per heavy atom. The summed E-state index contributed by atoms with van der Waals surface area (Å²) in [7, 11) is 0. The van der Waals surface area contributed by atoms with E-state index in [0.29, 0.717) is 26.2 Å². The number of rotatable bonds is 10. The first-order chi connectivity index (χ1) is 19.6. The summed E-state index contributed by atoms with van der Waals surface area (Å²) in [6, 6.07) is 21.0. The third-order valence-corrected chi connectivity index (χ3v) is 8.03. The molecule has 10 nitrogen and oxygen atoms in total. The molecule has 0 saturated carbocycles. The zero-order chi connectivity index (χ0) is 27.3. The lowest BCUT2D eigenvalue weighted by molar-refractivity contribution is -0.389. The van der Waals surface area contributed by atoms with Crippen LogP contribution in [0.1, 0.15) is 16.9 Å². The Hall–Kier alpha value is -4.09. The van der Waals surface area contributed by atoms with Crippen molar-refractivity contribution in [2.24, 2.45) is 0 Å². The molecule has 2 aromatic carbocycles. The van der Waals surface area contributed by atoms with Gasteiger partial charge in [-0.05, 0) is 58.3 Å². The Bertz CT molecular complexity index is 1400. The third kappa shape index (κ3) is 6.37. The third-order valence-electron chi connectivity index (χ3n) is 7.18. The van der Waals surface area contributed by atoms with E-state index < -0.39 is 4.92 Å². The van der Waals surface area contributed by atoms with E-state index in [1.807, 2.05) is 18.2 Å². The van der Waals surface area contributed by atoms with Crippen LogP contribution >= 0.6 is 11.3 Å². The molecule has 2 aromatic heterocycles. The summed E-state index contributed by atoms with van der Waals surface area (Å²) in [5.74, 6) is 1.48. The monoisotopic (exact) mass is 561 g/mol. The summed E-state index contributed by atoms with van der Waals surface area (Å²) in [4.78, 5) is 20.5. The van der Waals surface area contributed by atoms with Crippen molar-refractivity contribution in [2.75, 3.05) is 37.7 Å². The summed E-state index contributed by atoms with van der Waals surface area (Å²) in [6.45, 7) is 6.47. The molecule has 11 heteroatoms. The lowest BCUT2D eigenvalue weighted by Gasteiger charge is -2.36. The Kier molecular flexibility index (Phi) is 7.83. The molecular weight excluding hydrogens is 530 g/mol. The highest BCUT2D eigenvalue weighted by Crippen LogP contribution is 2.26. The Labute approximate surface area is 236 Å². The van der Waals surface area contributed by atoms with Gasteiger partial charge < -0.3 is 29.2 Å². The second kappa shape index (κ2) is 12.0. The highest BCUT2D eigenvalue weighted by atomic mass is 32.1. The van der Waals surface area contributed by atoms with Gasteiger partial charge in [0, 0.05) is 61.2 Å². The molecule has 4 heterocycles. The van der Waals surface area contributed by atoms with Gasteiger partial charge in [-0.1, -0.05) is 18.2 Å². The first kappa shape index (κ1) is 26.1. The number of nitrogens with zero attached hydrogens (tertiary/aromatic N) is 5. The van der Waals surface area contributed by atoms with Crippen LogP contribution in [0.15, 0.2) is 72.2 Å². The molecule has 0 bridgehead atoms. The smallest absolute Gasteiger partial charge is 0.414 e. The number of aryl methyl sites for hydroxylation is 1. The van der Waals surface area contributed by atoms with E-state index in [4.69, 9.17) is 14.2 Å². The predicted molar refractivity (Wildman–Crippen MR) is 152 cm³/mol. The van der Waals surface area contributed by atoms with Crippen LogP contribution in [0.4, 0.5) is 11.5 Å². The minimum Gasteiger partial charge on any atom is -0.490 e. The summed E-state index contributed by atoms with van der Waals surface area (Å²) in [6.07, 6.45) is 1.92. The summed E-state index contributed by atoms with van der Waals surface area (Å²) in [5.41, 5.74) is 2.48. The van der Waals surface area contributed by atoms with Crippen LogP contribution in [0.2, 0.25) is 0 Å². The number of imidazole rings is 1. The second-order valence-electron chi connectivity index (χ2n) is 9.94. The maximum atomic E-state index is 10.9. The van der Waals surface area contributed by atoms with E-state index in [1.165, 1.54) is 22.3 Å². The van der Waals surface area contributed by atoms with Crippen molar-refractivity contribution in [3.63, 3.8) is 0 Å². The topological polar surface area (TPSA) is 95.1 Å². The predicted octanol–water partition coefficient (Wildman–Crippen LogP) is 4.98. The van der Waals surface area contributed by atoms with Gasteiger partial charge in [0.2, 0.25) is 0 Å². The largest absolute Gasteiger partial charge is 0.490 e. The first-order valence-electron chi connectivity index (χ1n) is 13.4. The van der Waals surface area contributed by atoms with Crippen LogP contribution in [0.25, 0.3) is 0 Å². The van der Waals surface area contributed by atoms with Crippen LogP contribution in [0, 0.1) is 10.1 Å². The number of hydrogen-bond acceptors (Lipinski definition) is 9. The number of aromatic nitrogens is 2. The SMILES string of the molecule is O=[N+]([O-])c1cn2c(n1)O[C@@H](COc1ccc(N3CCN(Cc4ccc(OCc5cccs5)cc4)CC3)cc1)CC2. The average Bonchev–Trinajstić information content (AvgIpc) is 3.67. The Morgan fingerprint density at radius 2 is 1.73 bits per heavy atom. The average molecular weight is 562 g/mol. The molecule has 4 aromatic rings. The number of piperazine rings is 1. The molecule has 2 aliphatic heterocycles. The number of anilines is 1. The molecule has 0 unspecified atom stereocenters. The van der Waals surface area contributed by atoms with Crippen molar-refractivity contribution in [1.82, 2.24) is 14.5 Å². The quantitative estimate of drug-likeness (QED) is 0.198. The number of hydrogen-bond donors (Lipinski definition) is 0. The summed E-state index contributed by atoms with van der Waals surface area (Å²) < 4.78 is 19.3. The Balaban J connectivity index is 0.930. The molecule has 1 saturated heterocycles. The lowest BCUT2D eigenvalue weighted by atomic mass is 10.2. The van der Waals surface area contributed by atoms with Crippen LogP contribution in [-0.4, -0.2) is 58.3 Å². The van der Waals surface area contributed by atoms with Gasteiger partial charge in [-0.15, -0.1) is 11.3 Å². The maximum Gasteiger partial charge on any atom is 0.414 e. The fourth-order valence-electron chi connectivity index (χ4n) is 4.94.